The third kappa shape index (κ3) is 2.01. The Bertz CT molecular complexity index is 474. The molecule has 0 N–H and O–H groups in total. The van der Waals surface area contributed by atoms with E-state index in [1.54, 1.807) is 0 Å². The Hall–Kier alpha value is -0.860. The van der Waals surface area contributed by atoms with E-state index in [2.05, 4.69) is 62.9 Å². The van der Waals surface area contributed by atoms with Crippen molar-refractivity contribution in [2.24, 2.45) is 5.92 Å². The van der Waals surface area contributed by atoms with Crippen molar-refractivity contribution in [2.75, 3.05) is 6.54 Å². The summed E-state index contributed by atoms with van der Waals surface area (Å²) in [5, 5.41) is 0. The average Bonchev–Trinajstić information content (AvgIpc) is 3.00. The summed E-state index contributed by atoms with van der Waals surface area (Å²) in [6.07, 6.45) is 2.41. The third-order valence-corrected chi connectivity index (χ3v) is 5.68. The molecule has 2 saturated heterocycles. The van der Waals surface area contributed by atoms with Crippen molar-refractivity contribution < 1.29 is 4.74 Å². The van der Waals surface area contributed by atoms with Crippen LogP contribution in [0.1, 0.15) is 46.1 Å². The number of epoxide rings is 1. The Morgan fingerprint density at radius 2 is 1.85 bits per heavy atom. The van der Waals surface area contributed by atoms with Crippen molar-refractivity contribution in [2.45, 2.75) is 64.3 Å². The van der Waals surface area contributed by atoms with Crippen molar-refractivity contribution in [3.63, 3.8) is 0 Å². The van der Waals surface area contributed by atoms with Gasteiger partial charge in [0, 0.05) is 25.0 Å². The van der Waals surface area contributed by atoms with Crippen LogP contribution in [0, 0.1) is 5.92 Å². The fraction of sp³-hybridized carbons (Fsp3) is 0.667. The quantitative estimate of drug-likeness (QED) is 0.774. The van der Waals surface area contributed by atoms with Crippen LogP contribution in [-0.2, 0) is 11.3 Å². The van der Waals surface area contributed by atoms with Crippen LogP contribution in [0.4, 0.5) is 0 Å². The van der Waals surface area contributed by atoms with E-state index in [0.717, 1.165) is 13.1 Å². The van der Waals surface area contributed by atoms with Crippen LogP contribution in [0.25, 0.3) is 0 Å². The molecule has 2 nitrogen and oxygen atoms in total. The third-order valence-electron chi connectivity index (χ3n) is 5.68. The number of nitrogens with zero attached hydrogens (tertiary/aromatic N) is 1. The molecule has 2 aliphatic heterocycles. The van der Waals surface area contributed by atoms with Gasteiger partial charge in [0.05, 0.1) is 0 Å². The molecule has 0 spiro atoms. The number of likely N-dealkylation sites (tertiary alicyclic amines) is 1. The average molecular weight is 273 g/mol. The Morgan fingerprint density at radius 3 is 2.45 bits per heavy atom. The maximum Gasteiger partial charge on any atom is 0.108 e. The number of ether oxygens (including phenoxy) is 1. The van der Waals surface area contributed by atoms with Crippen LogP contribution >= 0.6 is 0 Å². The minimum absolute atomic E-state index is 0.0636. The maximum absolute atomic E-state index is 6.21. The summed E-state index contributed by atoms with van der Waals surface area (Å²) in [6, 6.07) is 11.5. The predicted molar refractivity (Wildman–Crippen MR) is 82.6 cm³/mol. The second kappa shape index (κ2) is 4.85. The molecule has 0 amide bonds. The van der Waals surface area contributed by atoms with Crippen LogP contribution in [-0.4, -0.2) is 28.7 Å². The van der Waals surface area contributed by atoms with Gasteiger partial charge in [-0.15, -0.1) is 0 Å². The first-order valence-corrected chi connectivity index (χ1v) is 8.02. The lowest BCUT2D eigenvalue weighted by Crippen LogP contribution is -2.55. The first-order valence-electron chi connectivity index (χ1n) is 8.02. The molecule has 4 atom stereocenters. The molecule has 1 aromatic rings. The van der Waals surface area contributed by atoms with Crippen molar-refractivity contribution in [3.8, 4) is 0 Å². The van der Waals surface area contributed by atoms with Crippen LogP contribution < -0.4 is 0 Å². The molecule has 0 unspecified atom stereocenters. The zero-order valence-corrected chi connectivity index (χ0v) is 13.2. The van der Waals surface area contributed by atoms with Gasteiger partial charge >= 0.3 is 0 Å². The fourth-order valence-corrected chi connectivity index (χ4v) is 4.42. The number of benzene rings is 1. The highest BCUT2D eigenvalue weighted by Crippen LogP contribution is 2.59. The molecule has 1 aromatic carbocycles. The van der Waals surface area contributed by atoms with Crippen molar-refractivity contribution in [1.82, 2.24) is 4.90 Å². The second-order valence-electron chi connectivity index (χ2n) is 6.82. The van der Waals surface area contributed by atoms with Crippen LogP contribution in [0.5, 0.6) is 0 Å². The number of hydrogen-bond acceptors (Lipinski definition) is 2. The summed E-state index contributed by atoms with van der Waals surface area (Å²) in [6.45, 7) is 11.4. The number of hydrogen-bond donors (Lipinski definition) is 0. The second-order valence-corrected chi connectivity index (χ2v) is 6.82. The summed E-state index contributed by atoms with van der Waals surface area (Å²) in [7, 11) is 0. The highest BCUT2D eigenvalue weighted by Gasteiger charge is 2.71. The lowest BCUT2D eigenvalue weighted by Gasteiger charge is -2.44. The van der Waals surface area contributed by atoms with Gasteiger partial charge in [0.2, 0.25) is 0 Å². The lowest BCUT2D eigenvalue weighted by atomic mass is 9.73. The predicted octanol–water partition coefficient (Wildman–Crippen LogP) is 3.85. The Kier molecular flexibility index (Phi) is 3.42. The molecular formula is C18H27NO. The number of fused-ring (bicyclic) bond motifs is 1. The first kappa shape index (κ1) is 14.1. The lowest BCUT2D eigenvalue weighted by molar-refractivity contribution is 0.0566. The monoisotopic (exact) mass is 273 g/mol. The Balaban J connectivity index is 1.83. The van der Waals surface area contributed by atoms with Gasteiger partial charge in [0.1, 0.15) is 11.2 Å². The molecule has 0 aliphatic carbocycles. The highest BCUT2D eigenvalue weighted by molar-refractivity contribution is 5.22. The normalized spacial score (nSPS) is 40.4. The minimum atomic E-state index is 0.0636. The van der Waals surface area contributed by atoms with E-state index in [0.29, 0.717) is 12.0 Å². The van der Waals surface area contributed by atoms with E-state index in [1.807, 2.05) is 0 Å². The maximum atomic E-state index is 6.21. The standard InChI is InChI=1S/C18H27NO/c1-5-15-16(6-2)19(12-14-10-8-7-9-11-14)13-17(3)18(15,4)20-17/h7-11,15-16H,5-6,12-13H2,1-4H3/t15-,16-,17+,18-/m1/s1. The zero-order chi connectivity index (χ0) is 14.4. The van der Waals surface area contributed by atoms with Crippen molar-refractivity contribution in [3.05, 3.63) is 35.9 Å². The first-order chi connectivity index (χ1) is 9.54. The largest absolute Gasteiger partial charge is 0.361 e. The molecule has 2 heteroatoms. The van der Waals surface area contributed by atoms with Gasteiger partial charge in [-0.1, -0.05) is 44.2 Å². The zero-order valence-electron chi connectivity index (χ0n) is 13.2. The number of piperidine rings is 1. The molecule has 20 heavy (non-hydrogen) atoms. The minimum Gasteiger partial charge on any atom is -0.361 e. The molecule has 0 radical (unpaired) electrons. The van der Waals surface area contributed by atoms with Crippen LogP contribution in [0.15, 0.2) is 30.3 Å². The molecule has 2 heterocycles. The van der Waals surface area contributed by atoms with E-state index in [4.69, 9.17) is 4.74 Å². The van der Waals surface area contributed by atoms with Gasteiger partial charge in [-0.05, 0) is 32.3 Å². The summed E-state index contributed by atoms with van der Waals surface area (Å²) in [4.78, 5) is 2.65. The van der Waals surface area contributed by atoms with Crippen molar-refractivity contribution in [1.29, 1.82) is 0 Å². The summed E-state index contributed by atoms with van der Waals surface area (Å²) in [5.41, 5.74) is 1.58. The van der Waals surface area contributed by atoms with Gasteiger partial charge < -0.3 is 4.74 Å². The van der Waals surface area contributed by atoms with E-state index in [1.165, 1.54) is 18.4 Å². The molecule has 110 valence electrons. The SMILES string of the molecule is CC[C@@H]1[C@@H](CC)[C@@]2(C)O[C@@]2(C)CN1Cc1ccccc1. The van der Waals surface area contributed by atoms with E-state index in [-0.39, 0.29) is 11.2 Å². The molecule has 0 bridgehead atoms. The van der Waals surface area contributed by atoms with Crippen LogP contribution in [0.2, 0.25) is 0 Å². The van der Waals surface area contributed by atoms with E-state index < -0.39 is 0 Å². The molecular weight excluding hydrogens is 246 g/mol. The summed E-state index contributed by atoms with van der Waals surface area (Å²) < 4.78 is 6.21. The van der Waals surface area contributed by atoms with E-state index >= 15 is 0 Å². The molecule has 3 rings (SSSR count). The van der Waals surface area contributed by atoms with E-state index in [9.17, 15) is 0 Å². The van der Waals surface area contributed by atoms with Gasteiger partial charge in [0.25, 0.3) is 0 Å². The molecule has 0 saturated carbocycles. The topological polar surface area (TPSA) is 15.8 Å². The fourth-order valence-electron chi connectivity index (χ4n) is 4.42. The summed E-state index contributed by atoms with van der Waals surface area (Å²) >= 11 is 0. The van der Waals surface area contributed by atoms with Gasteiger partial charge in [-0.3, -0.25) is 4.90 Å². The van der Waals surface area contributed by atoms with Crippen LogP contribution in [0.3, 0.4) is 0 Å². The highest BCUT2D eigenvalue weighted by atomic mass is 16.6. The smallest absolute Gasteiger partial charge is 0.108 e. The number of rotatable bonds is 4. The Morgan fingerprint density at radius 1 is 1.15 bits per heavy atom. The molecule has 2 fully saturated rings. The van der Waals surface area contributed by atoms with Crippen molar-refractivity contribution >= 4 is 0 Å². The van der Waals surface area contributed by atoms with Gasteiger partial charge in [0.15, 0.2) is 0 Å². The summed E-state index contributed by atoms with van der Waals surface area (Å²) in [5.74, 6) is 0.648. The van der Waals surface area contributed by atoms with Gasteiger partial charge in [-0.2, -0.15) is 0 Å². The molecule has 2 aliphatic rings. The van der Waals surface area contributed by atoms with Gasteiger partial charge in [-0.25, -0.2) is 0 Å². The molecule has 0 aromatic heterocycles. The Labute approximate surface area is 123 Å².